The number of esters is 1. The molecule has 0 spiro atoms. The van der Waals surface area contributed by atoms with Gasteiger partial charge < -0.3 is 10.1 Å². The predicted octanol–water partition coefficient (Wildman–Crippen LogP) is 3.64. The van der Waals surface area contributed by atoms with Crippen LogP contribution < -0.4 is 10.7 Å². The van der Waals surface area contributed by atoms with Gasteiger partial charge in [0.05, 0.1) is 5.56 Å². The van der Waals surface area contributed by atoms with Crippen LogP contribution in [0.4, 0.5) is 4.79 Å². The van der Waals surface area contributed by atoms with E-state index >= 15 is 0 Å². The molecule has 2 atom stereocenters. The molecule has 3 aromatic rings. The molecule has 3 aromatic carbocycles. The fourth-order valence-corrected chi connectivity index (χ4v) is 4.60. The highest BCUT2D eigenvalue weighted by Crippen LogP contribution is 2.33. The van der Waals surface area contributed by atoms with Gasteiger partial charge in [-0.05, 0) is 41.3 Å². The van der Waals surface area contributed by atoms with Crippen LogP contribution in [0.5, 0.6) is 0 Å². The quantitative estimate of drug-likeness (QED) is 0.439. The van der Waals surface area contributed by atoms with Gasteiger partial charge in [0.1, 0.15) is 11.6 Å². The standard InChI is InChI=1S/C27H23N3O5/c1-2-27(20-11-7-4-8-12-20)25(33)30(26(34)28-27)29-23(31)18-13-14-21-19(15-18)16-22(35-24(21)32)17-9-5-3-6-10-17/h3-15,22H,2,16H2,1H3,(H,28,34)(H,29,31)/t22-,27-/m0/s1. The van der Waals surface area contributed by atoms with Crippen molar-refractivity contribution in [3.63, 3.8) is 0 Å². The number of urea groups is 1. The maximum Gasteiger partial charge on any atom is 0.344 e. The largest absolute Gasteiger partial charge is 0.454 e. The molecule has 0 radical (unpaired) electrons. The van der Waals surface area contributed by atoms with E-state index in [1.807, 2.05) is 36.4 Å². The summed E-state index contributed by atoms with van der Waals surface area (Å²) < 4.78 is 5.57. The fourth-order valence-electron chi connectivity index (χ4n) is 4.60. The number of hydrazine groups is 1. The van der Waals surface area contributed by atoms with Gasteiger partial charge in [-0.25, -0.2) is 9.59 Å². The van der Waals surface area contributed by atoms with E-state index < -0.39 is 35.5 Å². The zero-order valence-corrected chi connectivity index (χ0v) is 19.0. The lowest BCUT2D eigenvalue weighted by molar-refractivity contribution is -0.133. The Balaban J connectivity index is 1.38. The van der Waals surface area contributed by atoms with Gasteiger partial charge in [-0.3, -0.25) is 15.0 Å². The molecule has 0 bridgehead atoms. The average Bonchev–Trinajstić information content (AvgIpc) is 3.14. The maximum absolute atomic E-state index is 13.3. The molecule has 5 rings (SSSR count). The van der Waals surface area contributed by atoms with Crippen LogP contribution in [0.2, 0.25) is 0 Å². The van der Waals surface area contributed by atoms with E-state index in [-0.39, 0.29) is 5.56 Å². The van der Waals surface area contributed by atoms with Crippen LogP contribution in [0.25, 0.3) is 0 Å². The Hall–Kier alpha value is -4.46. The number of carbonyl (C=O) groups is 4. The number of imide groups is 1. The summed E-state index contributed by atoms with van der Waals surface area (Å²) in [4.78, 5) is 51.5. The molecule has 8 nitrogen and oxygen atoms in total. The lowest BCUT2D eigenvalue weighted by Crippen LogP contribution is -2.48. The Morgan fingerprint density at radius 2 is 1.71 bits per heavy atom. The minimum absolute atomic E-state index is 0.222. The number of fused-ring (bicyclic) bond motifs is 1. The maximum atomic E-state index is 13.3. The highest BCUT2D eigenvalue weighted by atomic mass is 16.5. The predicted molar refractivity (Wildman–Crippen MR) is 126 cm³/mol. The Kier molecular flexibility index (Phi) is 5.56. The van der Waals surface area contributed by atoms with Crippen molar-refractivity contribution in [1.29, 1.82) is 0 Å². The molecule has 2 heterocycles. The molecule has 0 aromatic heterocycles. The Labute approximate surface area is 201 Å². The van der Waals surface area contributed by atoms with Crippen molar-refractivity contribution >= 4 is 23.8 Å². The first-order chi connectivity index (χ1) is 16.9. The van der Waals surface area contributed by atoms with Gasteiger partial charge in [-0.1, -0.05) is 67.6 Å². The van der Waals surface area contributed by atoms with Crippen molar-refractivity contribution < 1.29 is 23.9 Å². The number of benzene rings is 3. The number of carbonyl (C=O) groups excluding carboxylic acids is 4. The normalized spacial score (nSPS) is 21.2. The summed E-state index contributed by atoms with van der Waals surface area (Å²) in [7, 11) is 0. The lowest BCUT2D eigenvalue weighted by atomic mass is 9.87. The van der Waals surface area contributed by atoms with Crippen molar-refractivity contribution in [2.24, 2.45) is 0 Å². The minimum Gasteiger partial charge on any atom is -0.454 e. The number of ether oxygens (including phenoxy) is 1. The Bertz CT molecular complexity index is 1330. The molecular weight excluding hydrogens is 446 g/mol. The molecule has 2 aliphatic heterocycles. The van der Waals surface area contributed by atoms with E-state index in [0.29, 0.717) is 29.5 Å². The van der Waals surface area contributed by atoms with Gasteiger partial charge in [0.25, 0.3) is 11.8 Å². The number of rotatable bonds is 5. The fraction of sp³-hybridized carbons (Fsp3) is 0.185. The van der Waals surface area contributed by atoms with Gasteiger partial charge in [0, 0.05) is 12.0 Å². The van der Waals surface area contributed by atoms with Crippen molar-refractivity contribution in [1.82, 2.24) is 15.8 Å². The second-order valence-corrected chi connectivity index (χ2v) is 8.52. The third-order valence-corrected chi connectivity index (χ3v) is 6.52. The molecule has 2 aliphatic rings. The van der Waals surface area contributed by atoms with E-state index in [1.54, 1.807) is 37.3 Å². The molecule has 1 saturated heterocycles. The first-order valence-corrected chi connectivity index (χ1v) is 11.3. The molecule has 0 saturated carbocycles. The summed E-state index contributed by atoms with van der Waals surface area (Å²) in [6.07, 6.45) is 0.259. The van der Waals surface area contributed by atoms with Crippen molar-refractivity contribution in [2.45, 2.75) is 31.4 Å². The second kappa shape index (κ2) is 8.72. The zero-order valence-electron chi connectivity index (χ0n) is 19.0. The molecule has 4 amide bonds. The second-order valence-electron chi connectivity index (χ2n) is 8.52. The number of hydrogen-bond acceptors (Lipinski definition) is 5. The van der Waals surface area contributed by atoms with Gasteiger partial charge in [0.2, 0.25) is 0 Å². The van der Waals surface area contributed by atoms with Crippen LogP contribution >= 0.6 is 0 Å². The summed E-state index contributed by atoms with van der Waals surface area (Å²) in [6, 6.07) is 22.2. The zero-order chi connectivity index (χ0) is 24.6. The average molecular weight is 469 g/mol. The molecule has 8 heteroatoms. The van der Waals surface area contributed by atoms with Crippen LogP contribution in [0, 0.1) is 0 Å². The monoisotopic (exact) mass is 469 g/mol. The summed E-state index contributed by atoms with van der Waals surface area (Å²) in [5, 5.41) is 3.45. The van der Waals surface area contributed by atoms with E-state index in [2.05, 4.69) is 10.7 Å². The van der Waals surface area contributed by atoms with E-state index in [9.17, 15) is 19.2 Å². The third kappa shape index (κ3) is 3.82. The highest BCUT2D eigenvalue weighted by molar-refractivity contribution is 6.09. The SMILES string of the molecule is CC[C@@]1(c2ccccc2)NC(=O)N(NC(=O)c2ccc3c(c2)C[C@@H](c2ccccc2)OC3=O)C1=O. The molecule has 1 fully saturated rings. The van der Waals surface area contributed by atoms with E-state index in [4.69, 9.17) is 4.74 Å². The number of nitrogens with zero attached hydrogens (tertiary/aromatic N) is 1. The first kappa shape index (κ1) is 22.3. The molecular formula is C27H23N3O5. The van der Waals surface area contributed by atoms with E-state index in [0.717, 1.165) is 10.6 Å². The van der Waals surface area contributed by atoms with Crippen LogP contribution in [0.15, 0.2) is 78.9 Å². The van der Waals surface area contributed by atoms with Crippen molar-refractivity contribution in [3.05, 3.63) is 107 Å². The first-order valence-electron chi connectivity index (χ1n) is 11.3. The summed E-state index contributed by atoms with van der Waals surface area (Å²) in [6.45, 7) is 1.79. The van der Waals surface area contributed by atoms with Gasteiger partial charge >= 0.3 is 12.0 Å². The summed E-state index contributed by atoms with van der Waals surface area (Å²) in [5.41, 5.74) is 3.94. The van der Waals surface area contributed by atoms with Gasteiger partial charge in [-0.2, -0.15) is 5.01 Å². The number of nitrogens with one attached hydrogen (secondary N) is 2. The van der Waals surface area contributed by atoms with E-state index in [1.165, 1.54) is 12.1 Å². The number of cyclic esters (lactones) is 1. The number of hydrogen-bond donors (Lipinski definition) is 2. The van der Waals surface area contributed by atoms with Gasteiger partial charge in [0.15, 0.2) is 0 Å². The Morgan fingerprint density at radius 3 is 2.40 bits per heavy atom. The van der Waals surface area contributed by atoms with Crippen LogP contribution in [-0.2, 0) is 21.5 Å². The summed E-state index contributed by atoms with van der Waals surface area (Å²) in [5.74, 6) is -1.65. The van der Waals surface area contributed by atoms with Crippen molar-refractivity contribution in [2.75, 3.05) is 0 Å². The van der Waals surface area contributed by atoms with Crippen molar-refractivity contribution in [3.8, 4) is 0 Å². The molecule has 0 unspecified atom stereocenters. The Morgan fingerprint density at radius 1 is 1.03 bits per heavy atom. The summed E-state index contributed by atoms with van der Waals surface area (Å²) >= 11 is 0. The smallest absolute Gasteiger partial charge is 0.344 e. The molecule has 0 aliphatic carbocycles. The molecule has 176 valence electrons. The third-order valence-electron chi connectivity index (χ3n) is 6.52. The topological polar surface area (TPSA) is 105 Å². The van der Waals surface area contributed by atoms with Crippen LogP contribution in [-0.4, -0.2) is 28.8 Å². The van der Waals surface area contributed by atoms with Crippen LogP contribution in [0.1, 0.15) is 56.9 Å². The highest BCUT2D eigenvalue weighted by Gasteiger charge is 2.52. The van der Waals surface area contributed by atoms with Gasteiger partial charge in [-0.15, -0.1) is 0 Å². The lowest BCUT2D eigenvalue weighted by Gasteiger charge is -2.26. The molecule has 2 N–H and O–H groups in total. The minimum atomic E-state index is -1.26. The number of amides is 4. The van der Waals surface area contributed by atoms with Crippen LogP contribution in [0.3, 0.4) is 0 Å². The molecule has 35 heavy (non-hydrogen) atoms.